The van der Waals surface area contributed by atoms with E-state index >= 15 is 0 Å². The number of phenolic OH excluding ortho intramolecular Hbond substituents is 1. The van der Waals surface area contributed by atoms with E-state index < -0.39 is 31.0 Å². The van der Waals surface area contributed by atoms with Gasteiger partial charge in [-0.1, -0.05) is 60.9 Å². The van der Waals surface area contributed by atoms with Gasteiger partial charge in [0.25, 0.3) is 0 Å². The van der Waals surface area contributed by atoms with Gasteiger partial charge >= 0.3 is 13.1 Å². The molecule has 2 aliphatic heterocycles. The number of nitrogens with zero attached hydrogens (tertiary/aromatic N) is 1. The molecule has 2 heterocycles. The van der Waals surface area contributed by atoms with Crippen molar-refractivity contribution in [3.8, 4) is 5.75 Å². The monoisotopic (exact) mass is 619 g/mol. The molecule has 0 bridgehead atoms. The number of amides is 2. The van der Waals surface area contributed by atoms with Crippen molar-refractivity contribution in [2.24, 2.45) is 17.8 Å². The predicted molar refractivity (Wildman–Crippen MR) is 170 cm³/mol. The largest absolute Gasteiger partial charge is 0.508 e. The Bertz CT molecular complexity index is 1460. The van der Waals surface area contributed by atoms with E-state index in [1.165, 1.54) is 11.0 Å². The summed E-state index contributed by atoms with van der Waals surface area (Å²) in [7, 11) is -1.05. The molecule has 44 heavy (non-hydrogen) atoms. The van der Waals surface area contributed by atoms with Crippen molar-refractivity contribution in [3.63, 3.8) is 0 Å². The minimum Gasteiger partial charge on any atom is -0.508 e. The van der Waals surface area contributed by atoms with Crippen LogP contribution in [0.5, 0.6) is 5.75 Å². The second kappa shape index (κ2) is 14.1. The van der Waals surface area contributed by atoms with Gasteiger partial charge in [0.05, 0.1) is 23.0 Å². The summed E-state index contributed by atoms with van der Waals surface area (Å²) in [4.78, 5) is 39.4. The standard InChI is InChI=1S/C34H39BClNO7/c1-2-21-18-26-32(34(42)37(33(26)41)16-8-4-7-11-30(39)40)27-20-35(43)44-29(31(21)27)15-13-23(22-9-5-3-6-10-22)17-24-12-14-25(38)19-28(24)36/h3,5-6,9-10,12,14,17,19,26-27,29,32,38,43H,2,4,7-8,11,13,15-16,18,20H2,1H3,(H,39,40)/b23-17-/t26-,27+,29-,32-/m1/s1. The molecule has 2 fully saturated rings. The van der Waals surface area contributed by atoms with Gasteiger partial charge in [0, 0.05) is 13.0 Å². The molecule has 2 saturated heterocycles. The average molecular weight is 620 g/mol. The normalized spacial score (nSPS) is 23.7. The highest BCUT2D eigenvalue weighted by Crippen LogP contribution is 2.51. The molecule has 0 saturated carbocycles. The quantitative estimate of drug-likeness (QED) is 0.0847. The van der Waals surface area contributed by atoms with E-state index in [0.29, 0.717) is 50.1 Å². The third-order valence-electron chi connectivity index (χ3n) is 9.23. The van der Waals surface area contributed by atoms with Crippen LogP contribution in [0.15, 0.2) is 59.7 Å². The lowest BCUT2D eigenvalue weighted by Gasteiger charge is -2.43. The first kappa shape index (κ1) is 32.0. The molecular formula is C34H39BClNO7. The van der Waals surface area contributed by atoms with Gasteiger partial charge in [0.15, 0.2) is 0 Å². The Morgan fingerprint density at radius 1 is 1.07 bits per heavy atom. The van der Waals surface area contributed by atoms with Crippen molar-refractivity contribution in [2.45, 2.75) is 70.7 Å². The summed E-state index contributed by atoms with van der Waals surface area (Å²) in [5, 5.41) is 30.0. The van der Waals surface area contributed by atoms with Crippen molar-refractivity contribution in [1.82, 2.24) is 4.90 Å². The zero-order valence-corrected chi connectivity index (χ0v) is 25.7. The summed E-state index contributed by atoms with van der Waals surface area (Å²) in [6.45, 7) is 2.35. The number of rotatable bonds is 12. The fourth-order valence-corrected chi connectivity index (χ4v) is 7.40. The highest BCUT2D eigenvalue weighted by molar-refractivity contribution is 6.43. The Hall–Kier alpha value is -3.40. The lowest BCUT2D eigenvalue weighted by Crippen LogP contribution is -2.46. The lowest BCUT2D eigenvalue weighted by atomic mass is 9.58. The average Bonchev–Trinajstić information content (AvgIpc) is 3.24. The minimum absolute atomic E-state index is 0.0742. The molecule has 4 atom stereocenters. The Labute approximate surface area is 263 Å². The van der Waals surface area contributed by atoms with Crippen molar-refractivity contribution < 1.29 is 34.3 Å². The van der Waals surface area contributed by atoms with Gasteiger partial charge in [-0.3, -0.25) is 19.3 Å². The molecule has 8 nitrogen and oxygen atoms in total. The summed E-state index contributed by atoms with van der Waals surface area (Å²) in [6.07, 6.45) is 6.07. The van der Waals surface area contributed by atoms with Gasteiger partial charge in [-0.15, -0.1) is 0 Å². The molecule has 3 aliphatic rings. The number of allylic oxidation sites excluding steroid dienone is 2. The molecule has 0 unspecified atom stereocenters. The number of aromatic hydroxyl groups is 1. The lowest BCUT2D eigenvalue weighted by molar-refractivity contribution is -0.141. The molecule has 5 rings (SSSR count). The van der Waals surface area contributed by atoms with Gasteiger partial charge in [-0.05, 0) is 97.3 Å². The molecule has 10 heteroatoms. The second-order valence-corrected chi connectivity index (χ2v) is 12.4. The summed E-state index contributed by atoms with van der Waals surface area (Å²) in [6, 6.07) is 14.8. The Balaban J connectivity index is 1.38. The molecule has 3 N–H and O–H groups in total. The van der Waals surface area contributed by atoms with Crippen molar-refractivity contribution in [2.75, 3.05) is 6.54 Å². The van der Waals surface area contributed by atoms with Gasteiger partial charge in [-0.25, -0.2) is 0 Å². The number of carboxylic acids is 1. The van der Waals surface area contributed by atoms with Crippen LogP contribution < -0.4 is 0 Å². The summed E-state index contributed by atoms with van der Waals surface area (Å²) in [5.74, 6) is -2.33. The van der Waals surface area contributed by atoms with Crippen LogP contribution in [0.2, 0.25) is 11.3 Å². The molecule has 2 aromatic carbocycles. The van der Waals surface area contributed by atoms with E-state index in [-0.39, 0.29) is 36.2 Å². The number of carbonyl (C=O) groups excluding carboxylic acids is 2. The third kappa shape index (κ3) is 6.95. The smallest absolute Gasteiger partial charge is 0.455 e. The van der Waals surface area contributed by atoms with Gasteiger partial charge in [0.1, 0.15) is 5.75 Å². The number of halogens is 1. The molecule has 0 aromatic heterocycles. The fraction of sp³-hybridized carbons (Fsp3) is 0.441. The van der Waals surface area contributed by atoms with Crippen LogP contribution in [0.4, 0.5) is 0 Å². The first-order valence-electron chi connectivity index (χ1n) is 15.5. The zero-order chi connectivity index (χ0) is 31.4. The predicted octanol–water partition coefficient (Wildman–Crippen LogP) is 6.22. The topological polar surface area (TPSA) is 124 Å². The van der Waals surface area contributed by atoms with Crippen LogP contribution in [0.3, 0.4) is 0 Å². The number of carbonyl (C=O) groups is 3. The first-order valence-corrected chi connectivity index (χ1v) is 15.9. The number of likely N-dealkylation sites (tertiary alicyclic amines) is 1. The number of phenols is 1. The number of carboxylic acid groups (broad SMARTS) is 1. The van der Waals surface area contributed by atoms with Gasteiger partial charge < -0.3 is 19.9 Å². The Morgan fingerprint density at radius 3 is 2.55 bits per heavy atom. The maximum atomic E-state index is 13.7. The van der Waals surface area contributed by atoms with E-state index in [0.717, 1.165) is 34.3 Å². The van der Waals surface area contributed by atoms with Crippen LogP contribution in [0.1, 0.15) is 69.4 Å². The molecule has 2 aromatic rings. The van der Waals surface area contributed by atoms with E-state index in [2.05, 4.69) is 6.92 Å². The van der Waals surface area contributed by atoms with E-state index in [4.69, 9.17) is 21.4 Å². The van der Waals surface area contributed by atoms with E-state index in [9.17, 15) is 24.5 Å². The molecule has 0 spiro atoms. The van der Waals surface area contributed by atoms with E-state index in [1.807, 2.05) is 36.4 Å². The molecule has 1 aliphatic carbocycles. The van der Waals surface area contributed by atoms with Crippen molar-refractivity contribution >= 4 is 48.2 Å². The van der Waals surface area contributed by atoms with Crippen LogP contribution in [0, 0.1) is 17.8 Å². The first-order chi connectivity index (χ1) is 21.2. The second-order valence-electron chi connectivity index (χ2n) is 12.0. The van der Waals surface area contributed by atoms with Gasteiger partial charge in [0.2, 0.25) is 11.8 Å². The highest BCUT2D eigenvalue weighted by Gasteiger charge is 2.56. The number of imide groups is 1. The number of benzene rings is 2. The Morgan fingerprint density at radius 2 is 1.84 bits per heavy atom. The third-order valence-corrected chi connectivity index (χ3v) is 9.56. The van der Waals surface area contributed by atoms with Crippen LogP contribution in [-0.2, 0) is 19.0 Å². The number of unbranched alkanes of at least 4 members (excludes halogenated alkanes) is 2. The molecule has 232 valence electrons. The molecular weight excluding hydrogens is 581 g/mol. The summed E-state index contributed by atoms with van der Waals surface area (Å²) in [5.41, 5.74) is 5.00. The van der Waals surface area contributed by atoms with Crippen LogP contribution in [-0.4, -0.2) is 57.7 Å². The number of aliphatic carboxylic acids is 1. The molecule has 0 radical (unpaired) electrons. The maximum absolute atomic E-state index is 13.7. The SMILES string of the molecule is CCC1=C2[C@@H](CC/C(=C/c3ccc(O)cc3Cl)c3ccccc3)OB(O)C[C@@H]2[C@@H]2C(=O)N(CCCCCC(=O)O)C(=O)[C@@H]2C1. The van der Waals surface area contributed by atoms with Crippen LogP contribution >= 0.6 is 11.6 Å². The van der Waals surface area contributed by atoms with Crippen molar-refractivity contribution in [3.05, 3.63) is 75.8 Å². The summed E-state index contributed by atoms with van der Waals surface area (Å²) >= 11 is 6.45. The fourth-order valence-electron chi connectivity index (χ4n) is 7.17. The van der Waals surface area contributed by atoms with Crippen molar-refractivity contribution in [1.29, 1.82) is 0 Å². The number of fused-ring (bicyclic) bond motifs is 3. The highest BCUT2D eigenvalue weighted by atomic mass is 35.5. The van der Waals surface area contributed by atoms with Gasteiger partial charge in [-0.2, -0.15) is 0 Å². The van der Waals surface area contributed by atoms with Crippen LogP contribution in [0.25, 0.3) is 11.6 Å². The molecule has 2 amide bonds. The summed E-state index contributed by atoms with van der Waals surface area (Å²) < 4.78 is 6.17. The number of hydrogen-bond donors (Lipinski definition) is 3. The zero-order valence-electron chi connectivity index (χ0n) is 25.0. The van der Waals surface area contributed by atoms with E-state index in [1.54, 1.807) is 12.1 Å². The number of hydrogen-bond acceptors (Lipinski definition) is 6. The Kier molecular flexibility index (Phi) is 10.3. The maximum Gasteiger partial charge on any atom is 0.455 e. The minimum atomic E-state index is -1.05.